The van der Waals surface area contributed by atoms with Gasteiger partial charge in [0.1, 0.15) is 12.4 Å². The molecule has 3 N–H and O–H groups in total. The van der Waals surface area contributed by atoms with Gasteiger partial charge in [0.05, 0.1) is 6.04 Å². The monoisotopic (exact) mass is 369 g/mol. The van der Waals surface area contributed by atoms with Gasteiger partial charge >= 0.3 is 0 Å². The molecule has 1 saturated heterocycles. The van der Waals surface area contributed by atoms with E-state index >= 15 is 0 Å². The molecule has 5 nitrogen and oxygen atoms in total. The summed E-state index contributed by atoms with van der Waals surface area (Å²) in [6.07, 6.45) is 4.84. The lowest BCUT2D eigenvalue weighted by Gasteiger charge is -2.26. The van der Waals surface area contributed by atoms with E-state index in [-0.39, 0.29) is 24.2 Å². The Morgan fingerprint density at radius 3 is 2.48 bits per heavy atom. The number of hydrogen-bond acceptors (Lipinski definition) is 4. The fourth-order valence-electron chi connectivity index (χ4n) is 2.85. The zero-order chi connectivity index (χ0) is 17.4. The summed E-state index contributed by atoms with van der Waals surface area (Å²) in [5.41, 5.74) is 6.70. The number of carbonyl (C=O) groups is 1. The van der Waals surface area contributed by atoms with Crippen LogP contribution in [0.2, 0.25) is 0 Å². The zero-order valence-corrected chi connectivity index (χ0v) is 16.2. The Balaban J connectivity index is 0.00000312. The number of hydrogen-bond donors (Lipinski definition) is 2. The average Bonchev–Trinajstić information content (AvgIpc) is 2.62. The maximum absolute atomic E-state index is 12.1. The number of anilines is 1. The fraction of sp³-hybridized carbons (Fsp3) is 0.632. The number of nitrogens with one attached hydrogen (secondary N) is 1. The van der Waals surface area contributed by atoms with E-state index in [9.17, 15) is 4.79 Å². The second kappa shape index (κ2) is 11.3. The quantitative estimate of drug-likeness (QED) is 0.737. The highest BCUT2D eigenvalue weighted by molar-refractivity contribution is 5.94. The van der Waals surface area contributed by atoms with Gasteiger partial charge in [-0.25, -0.2) is 0 Å². The van der Waals surface area contributed by atoms with E-state index in [4.69, 9.17) is 10.5 Å². The molecule has 1 heterocycles. The molecule has 142 valence electrons. The molecule has 1 aromatic rings. The molecule has 0 bridgehead atoms. The normalized spacial score (nSPS) is 17.2. The molecule has 6 heteroatoms. The van der Waals surface area contributed by atoms with Crippen LogP contribution in [0.5, 0.6) is 5.75 Å². The number of halogens is 1. The van der Waals surface area contributed by atoms with Crippen LogP contribution in [0.25, 0.3) is 0 Å². The smallest absolute Gasteiger partial charge is 0.241 e. The summed E-state index contributed by atoms with van der Waals surface area (Å²) in [6.45, 7) is 8.07. The van der Waals surface area contributed by atoms with Gasteiger partial charge in [0.15, 0.2) is 0 Å². The minimum atomic E-state index is -0.476. The lowest BCUT2D eigenvalue weighted by atomic mass is 9.99. The van der Waals surface area contributed by atoms with Crippen molar-refractivity contribution in [2.24, 2.45) is 11.7 Å². The third-order valence-corrected chi connectivity index (χ3v) is 4.81. The molecule has 0 aromatic heterocycles. The van der Waals surface area contributed by atoms with Gasteiger partial charge in [-0.1, -0.05) is 26.7 Å². The van der Waals surface area contributed by atoms with Gasteiger partial charge in [0.2, 0.25) is 5.91 Å². The number of benzene rings is 1. The van der Waals surface area contributed by atoms with Gasteiger partial charge in [-0.15, -0.1) is 12.4 Å². The van der Waals surface area contributed by atoms with E-state index in [1.807, 2.05) is 38.1 Å². The minimum Gasteiger partial charge on any atom is -0.492 e. The number of amides is 1. The highest BCUT2D eigenvalue weighted by Gasteiger charge is 2.19. The van der Waals surface area contributed by atoms with Crippen molar-refractivity contribution in [3.8, 4) is 5.75 Å². The Kier molecular flexibility index (Phi) is 9.86. The Bertz CT molecular complexity index is 504. The molecule has 2 rings (SSSR count). The van der Waals surface area contributed by atoms with Crippen molar-refractivity contribution in [2.45, 2.75) is 45.6 Å². The number of likely N-dealkylation sites (tertiary alicyclic amines) is 1. The third-order valence-electron chi connectivity index (χ3n) is 4.81. The van der Waals surface area contributed by atoms with Crippen molar-refractivity contribution >= 4 is 24.0 Å². The van der Waals surface area contributed by atoms with Crippen molar-refractivity contribution in [1.29, 1.82) is 0 Å². The second-order valence-corrected chi connectivity index (χ2v) is 6.68. The van der Waals surface area contributed by atoms with Crippen molar-refractivity contribution in [3.05, 3.63) is 24.3 Å². The molecule has 0 saturated carbocycles. The molecule has 0 spiro atoms. The Hall–Kier alpha value is -1.30. The molecule has 25 heavy (non-hydrogen) atoms. The van der Waals surface area contributed by atoms with Gasteiger partial charge in [-0.05, 0) is 56.1 Å². The molecule has 0 aliphatic carbocycles. The van der Waals surface area contributed by atoms with E-state index in [2.05, 4.69) is 10.2 Å². The van der Waals surface area contributed by atoms with Crippen LogP contribution in [0.15, 0.2) is 24.3 Å². The first-order valence-corrected chi connectivity index (χ1v) is 9.12. The van der Waals surface area contributed by atoms with E-state index < -0.39 is 6.04 Å². The summed E-state index contributed by atoms with van der Waals surface area (Å²) in [5.74, 6) is 0.863. The summed E-state index contributed by atoms with van der Waals surface area (Å²) in [5, 5.41) is 2.86. The second-order valence-electron chi connectivity index (χ2n) is 6.68. The van der Waals surface area contributed by atoms with Gasteiger partial charge in [-0.2, -0.15) is 0 Å². The van der Waals surface area contributed by atoms with Crippen molar-refractivity contribution in [1.82, 2.24) is 4.90 Å². The summed E-state index contributed by atoms with van der Waals surface area (Å²) < 4.78 is 5.79. The summed E-state index contributed by atoms with van der Waals surface area (Å²) >= 11 is 0. The topological polar surface area (TPSA) is 67.6 Å². The highest BCUT2D eigenvalue weighted by Crippen LogP contribution is 2.17. The van der Waals surface area contributed by atoms with Crippen molar-refractivity contribution < 1.29 is 9.53 Å². The van der Waals surface area contributed by atoms with Crippen molar-refractivity contribution in [2.75, 3.05) is 31.6 Å². The maximum atomic E-state index is 12.1. The van der Waals surface area contributed by atoms with Gasteiger partial charge in [0.25, 0.3) is 0 Å². The van der Waals surface area contributed by atoms with Crippen LogP contribution in [-0.4, -0.2) is 43.1 Å². The third kappa shape index (κ3) is 7.22. The highest BCUT2D eigenvalue weighted by atomic mass is 35.5. The number of carbonyl (C=O) groups excluding carboxylic acids is 1. The number of nitrogens with two attached hydrogens (primary N) is 1. The number of piperidine rings is 1. The zero-order valence-electron chi connectivity index (χ0n) is 15.4. The number of ether oxygens (including phenoxy) is 1. The Morgan fingerprint density at radius 2 is 1.88 bits per heavy atom. The molecule has 1 amide bonds. The van der Waals surface area contributed by atoms with Crippen molar-refractivity contribution in [3.63, 3.8) is 0 Å². The predicted octanol–water partition coefficient (Wildman–Crippen LogP) is 3.29. The molecule has 1 aliphatic rings. The van der Waals surface area contributed by atoms with Crippen LogP contribution in [0.3, 0.4) is 0 Å². The number of rotatable bonds is 8. The predicted molar refractivity (Wildman–Crippen MR) is 106 cm³/mol. The molecule has 1 aromatic carbocycles. The largest absolute Gasteiger partial charge is 0.492 e. The molecule has 1 fully saturated rings. The van der Waals surface area contributed by atoms with Crippen LogP contribution in [-0.2, 0) is 4.79 Å². The van der Waals surface area contributed by atoms with E-state index in [1.165, 1.54) is 32.4 Å². The van der Waals surface area contributed by atoms with Gasteiger partial charge in [0, 0.05) is 12.2 Å². The van der Waals surface area contributed by atoms with Crippen LogP contribution in [0, 0.1) is 5.92 Å². The lowest BCUT2D eigenvalue weighted by molar-refractivity contribution is -0.118. The molecule has 2 atom stereocenters. The number of nitrogens with zero attached hydrogens (tertiary/aromatic N) is 1. The van der Waals surface area contributed by atoms with Crippen LogP contribution >= 0.6 is 12.4 Å². The molecular formula is C19H32ClN3O2. The summed E-state index contributed by atoms with van der Waals surface area (Å²) in [6, 6.07) is 7.02. The summed E-state index contributed by atoms with van der Waals surface area (Å²) in [4.78, 5) is 14.5. The maximum Gasteiger partial charge on any atom is 0.241 e. The molecule has 1 aliphatic heterocycles. The average molecular weight is 370 g/mol. The first kappa shape index (κ1) is 21.7. The minimum absolute atomic E-state index is 0. The first-order chi connectivity index (χ1) is 11.6. The van der Waals surface area contributed by atoms with Crippen LogP contribution in [0.4, 0.5) is 5.69 Å². The molecular weight excluding hydrogens is 338 g/mol. The SMILES string of the molecule is CCC(C)C(N)C(=O)Nc1ccc(OCCN2CCCCC2)cc1.Cl. The Morgan fingerprint density at radius 1 is 1.24 bits per heavy atom. The summed E-state index contributed by atoms with van der Waals surface area (Å²) in [7, 11) is 0. The molecule has 0 radical (unpaired) electrons. The standard InChI is InChI=1S/C19H31N3O2.ClH/c1-3-15(2)18(20)19(23)21-16-7-9-17(10-8-16)24-14-13-22-11-5-4-6-12-22;/h7-10,15,18H,3-6,11-14,20H2,1-2H3,(H,21,23);1H. The van der Waals surface area contributed by atoms with Crippen LogP contribution < -0.4 is 15.8 Å². The van der Waals surface area contributed by atoms with Crippen LogP contribution in [0.1, 0.15) is 39.5 Å². The van der Waals surface area contributed by atoms with Gasteiger partial charge < -0.3 is 15.8 Å². The molecule has 2 unspecified atom stereocenters. The fourth-order valence-corrected chi connectivity index (χ4v) is 2.85. The first-order valence-electron chi connectivity index (χ1n) is 9.12. The van der Waals surface area contributed by atoms with E-state index in [0.717, 1.165) is 24.4 Å². The van der Waals surface area contributed by atoms with E-state index in [0.29, 0.717) is 6.61 Å². The van der Waals surface area contributed by atoms with E-state index in [1.54, 1.807) is 0 Å². The Labute approximate surface area is 157 Å². The lowest BCUT2D eigenvalue weighted by Crippen LogP contribution is -2.40. The van der Waals surface area contributed by atoms with Gasteiger partial charge in [-0.3, -0.25) is 9.69 Å².